The molecule has 1 aromatic heterocycles. The van der Waals surface area contributed by atoms with Gasteiger partial charge in [0.1, 0.15) is 0 Å². The standard InChI is InChI=1S/C21H20N2O5S/c24-18(22-10-7-17-14(12-22)8-11-29-17)13-28-19(25)6-3-9-23-20(26)15-4-1-2-5-16(15)21(23)27/h1-2,4-5,8,11H,3,6-7,9-10,12-13H2. The van der Waals surface area contributed by atoms with Gasteiger partial charge in [0.15, 0.2) is 6.61 Å². The van der Waals surface area contributed by atoms with E-state index in [-0.39, 0.29) is 37.3 Å². The minimum Gasteiger partial charge on any atom is -0.456 e. The van der Waals surface area contributed by atoms with Crippen LogP contribution in [0.2, 0.25) is 0 Å². The fourth-order valence-corrected chi connectivity index (χ4v) is 4.48. The van der Waals surface area contributed by atoms with Crippen LogP contribution in [0.4, 0.5) is 0 Å². The Morgan fingerprint density at radius 3 is 2.52 bits per heavy atom. The average molecular weight is 412 g/mol. The van der Waals surface area contributed by atoms with Crippen LogP contribution in [0, 0.1) is 0 Å². The lowest BCUT2D eigenvalue weighted by Crippen LogP contribution is -2.38. The number of hydrogen-bond acceptors (Lipinski definition) is 6. The number of hydrogen-bond donors (Lipinski definition) is 0. The van der Waals surface area contributed by atoms with Crippen LogP contribution in [0.3, 0.4) is 0 Å². The summed E-state index contributed by atoms with van der Waals surface area (Å²) in [5.41, 5.74) is 1.93. The number of fused-ring (bicyclic) bond motifs is 2. The predicted molar refractivity (Wildman–Crippen MR) is 105 cm³/mol. The first-order chi connectivity index (χ1) is 14.0. The van der Waals surface area contributed by atoms with E-state index in [9.17, 15) is 19.2 Å². The van der Waals surface area contributed by atoms with Gasteiger partial charge in [0.05, 0.1) is 11.1 Å². The highest BCUT2D eigenvalue weighted by molar-refractivity contribution is 7.10. The van der Waals surface area contributed by atoms with Crippen LogP contribution in [0.25, 0.3) is 0 Å². The van der Waals surface area contributed by atoms with Crippen molar-refractivity contribution in [1.29, 1.82) is 0 Å². The van der Waals surface area contributed by atoms with Gasteiger partial charge >= 0.3 is 5.97 Å². The van der Waals surface area contributed by atoms with Crippen molar-refractivity contribution in [2.75, 3.05) is 19.7 Å². The summed E-state index contributed by atoms with van der Waals surface area (Å²) in [6.07, 6.45) is 1.16. The summed E-state index contributed by atoms with van der Waals surface area (Å²) in [5.74, 6) is -1.40. The molecule has 4 rings (SSSR count). The van der Waals surface area contributed by atoms with Crippen LogP contribution < -0.4 is 0 Å². The van der Waals surface area contributed by atoms with Crippen molar-refractivity contribution in [2.45, 2.75) is 25.8 Å². The highest BCUT2D eigenvalue weighted by atomic mass is 32.1. The van der Waals surface area contributed by atoms with Gasteiger partial charge in [-0.3, -0.25) is 24.1 Å². The zero-order chi connectivity index (χ0) is 20.4. The summed E-state index contributed by atoms with van der Waals surface area (Å²) >= 11 is 1.70. The Labute approximate surface area is 171 Å². The Kier molecular flexibility index (Phi) is 5.44. The summed E-state index contributed by atoms with van der Waals surface area (Å²) < 4.78 is 5.09. The number of thiophene rings is 1. The number of benzene rings is 1. The SMILES string of the molecule is O=C(CCCN1C(=O)c2ccccc2C1=O)OCC(=O)N1CCc2sccc2C1. The summed E-state index contributed by atoms with van der Waals surface area (Å²) in [6, 6.07) is 8.68. The Hall–Kier alpha value is -3.00. The summed E-state index contributed by atoms with van der Waals surface area (Å²) in [6.45, 7) is 1.03. The molecule has 29 heavy (non-hydrogen) atoms. The molecule has 0 bridgehead atoms. The fraction of sp³-hybridized carbons (Fsp3) is 0.333. The topological polar surface area (TPSA) is 84.0 Å². The van der Waals surface area contributed by atoms with Crippen LogP contribution in [0.15, 0.2) is 35.7 Å². The minimum atomic E-state index is -0.511. The van der Waals surface area contributed by atoms with Crippen molar-refractivity contribution in [2.24, 2.45) is 0 Å². The second-order valence-electron chi connectivity index (χ2n) is 7.01. The summed E-state index contributed by atoms with van der Waals surface area (Å²) in [4.78, 5) is 53.0. The largest absolute Gasteiger partial charge is 0.456 e. The van der Waals surface area contributed by atoms with Gasteiger partial charge in [-0.25, -0.2) is 0 Å². The fourth-order valence-electron chi connectivity index (χ4n) is 3.59. The third-order valence-electron chi connectivity index (χ3n) is 5.16. The molecule has 2 aromatic rings. The molecule has 0 radical (unpaired) electrons. The van der Waals surface area contributed by atoms with Crippen LogP contribution in [0.1, 0.15) is 44.0 Å². The number of nitrogens with zero attached hydrogens (tertiary/aromatic N) is 2. The number of imide groups is 1. The second-order valence-corrected chi connectivity index (χ2v) is 8.01. The molecule has 0 saturated carbocycles. The molecule has 2 aliphatic heterocycles. The van der Waals surface area contributed by atoms with Crippen molar-refractivity contribution in [3.8, 4) is 0 Å². The maximum absolute atomic E-state index is 12.3. The molecule has 3 amide bonds. The van der Waals surface area contributed by atoms with Crippen molar-refractivity contribution in [3.05, 3.63) is 57.3 Å². The summed E-state index contributed by atoms with van der Waals surface area (Å²) in [5, 5.41) is 2.02. The number of ether oxygens (including phenoxy) is 1. The maximum Gasteiger partial charge on any atom is 0.306 e. The first-order valence-corrected chi connectivity index (χ1v) is 10.4. The number of carbonyl (C=O) groups is 4. The molecule has 1 aromatic carbocycles. The van der Waals surface area contributed by atoms with Gasteiger partial charge < -0.3 is 9.64 Å². The molecule has 2 aliphatic rings. The van der Waals surface area contributed by atoms with E-state index < -0.39 is 5.97 Å². The van der Waals surface area contributed by atoms with Gasteiger partial charge in [-0.15, -0.1) is 11.3 Å². The van der Waals surface area contributed by atoms with Gasteiger partial charge in [-0.1, -0.05) is 12.1 Å². The normalized spacial score (nSPS) is 15.3. The van der Waals surface area contributed by atoms with Crippen molar-refractivity contribution >= 4 is 35.0 Å². The lowest BCUT2D eigenvalue weighted by Gasteiger charge is -2.26. The van der Waals surface area contributed by atoms with Crippen molar-refractivity contribution in [3.63, 3.8) is 0 Å². The Balaban J connectivity index is 1.20. The molecule has 150 valence electrons. The molecule has 0 fully saturated rings. The highest BCUT2D eigenvalue weighted by Crippen LogP contribution is 2.24. The summed E-state index contributed by atoms with van der Waals surface area (Å²) in [7, 11) is 0. The first kappa shape index (κ1) is 19.3. The smallest absolute Gasteiger partial charge is 0.306 e. The number of esters is 1. The van der Waals surface area contributed by atoms with E-state index in [0.717, 1.165) is 16.9 Å². The van der Waals surface area contributed by atoms with E-state index >= 15 is 0 Å². The van der Waals surface area contributed by atoms with E-state index in [0.29, 0.717) is 30.6 Å². The third-order valence-corrected chi connectivity index (χ3v) is 6.18. The average Bonchev–Trinajstić information content (AvgIpc) is 3.30. The van der Waals surface area contributed by atoms with E-state index in [4.69, 9.17) is 4.74 Å². The first-order valence-electron chi connectivity index (χ1n) is 9.48. The minimum absolute atomic E-state index is 0.0371. The lowest BCUT2D eigenvalue weighted by atomic mass is 10.1. The van der Waals surface area contributed by atoms with Gasteiger partial charge in [0, 0.05) is 30.9 Å². The lowest BCUT2D eigenvalue weighted by molar-refractivity contribution is -0.152. The molecule has 0 atom stereocenters. The van der Waals surface area contributed by atoms with Crippen LogP contribution in [-0.2, 0) is 27.3 Å². The molecule has 0 spiro atoms. The van der Waals surface area contributed by atoms with Crippen LogP contribution >= 0.6 is 11.3 Å². The van der Waals surface area contributed by atoms with Crippen LogP contribution in [0.5, 0.6) is 0 Å². The predicted octanol–water partition coefficient (Wildman–Crippen LogP) is 2.25. The van der Waals surface area contributed by atoms with E-state index in [2.05, 4.69) is 0 Å². The zero-order valence-electron chi connectivity index (χ0n) is 15.8. The van der Waals surface area contributed by atoms with E-state index in [1.54, 1.807) is 40.5 Å². The number of rotatable bonds is 6. The molecule has 0 aliphatic carbocycles. The number of carbonyl (C=O) groups excluding carboxylic acids is 4. The highest BCUT2D eigenvalue weighted by Gasteiger charge is 2.34. The molecule has 8 heteroatoms. The monoisotopic (exact) mass is 412 g/mol. The second kappa shape index (κ2) is 8.16. The van der Waals surface area contributed by atoms with Crippen molar-refractivity contribution < 1.29 is 23.9 Å². The Morgan fingerprint density at radius 2 is 1.79 bits per heavy atom. The Morgan fingerprint density at radius 1 is 1.07 bits per heavy atom. The van der Waals surface area contributed by atoms with Gasteiger partial charge in [-0.05, 0) is 42.0 Å². The molecule has 3 heterocycles. The van der Waals surface area contributed by atoms with E-state index in [1.807, 2.05) is 11.4 Å². The zero-order valence-corrected chi connectivity index (χ0v) is 16.6. The van der Waals surface area contributed by atoms with E-state index in [1.165, 1.54) is 4.88 Å². The van der Waals surface area contributed by atoms with Gasteiger partial charge in [0.25, 0.3) is 17.7 Å². The molecule has 0 N–H and O–H groups in total. The van der Waals surface area contributed by atoms with Crippen molar-refractivity contribution in [1.82, 2.24) is 9.80 Å². The molecule has 0 unspecified atom stereocenters. The maximum atomic E-state index is 12.3. The number of amides is 3. The quantitative estimate of drug-likeness (QED) is 0.537. The van der Waals surface area contributed by atoms with Crippen LogP contribution in [-0.4, -0.2) is 53.2 Å². The van der Waals surface area contributed by atoms with Gasteiger partial charge in [0.2, 0.25) is 0 Å². The Bertz CT molecular complexity index is 948. The molecule has 7 nitrogen and oxygen atoms in total. The third kappa shape index (κ3) is 3.93. The molecular formula is C21H20N2O5S. The van der Waals surface area contributed by atoms with Gasteiger partial charge in [-0.2, -0.15) is 0 Å². The molecular weight excluding hydrogens is 392 g/mol. The molecule has 0 saturated heterocycles.